The van der Waals surface area contributed by atoms with Crippen molar-refractivity contribution in [3.8, 4) is 6.07 Å². The smallest absolute Gasteiger partial charge is 0.327 e. The van der Waals surface area contributed by atoms with Gasteiger partial charge in [0.05, 0.1) is 0 Å². The first-order valence-electron chi connectivity index (χ1n) is 8.53. The molecule has 2 amide bonds. The number of hydrogen-bond acceptors (Lipinski definition) is 8. The van der Waals surface area contributed by atoms with Gasteiger partial charge in [0.2, 0.25) is 11.4 Å². The van der Waals surface area contributed by atoms with E-state index in [-0.39, 0.29) is 0 Å². The molecule has 2 aliphatic heterocycles. The van der Waals surface area contributed by atoms with Gasteiger partial charge < -0.3 is 21.1 Å². The average molecular weight is 441 g/mol. The molecule has 150 valence electrons. The number of β-lactam (4-membered cyclic amide) rings is 1. The summed E-state index contributed by atoms with van der Waals surface area (Å²) in [6.45, 7) is 5.40. The maximum Gasteiger partial charge on any atom is 0.327 e. The summed E-state index contributed by atoms with van der Waals surface area (Å²) in [6.07, 6.45) is 0. The van der Waals surface area contributed by atoms with Gasteiger partial charge in [-0.15, -0.1) is 34.9 Å². The van der Waals surface area contributed by atoms with Crippen LogP contribution in [-0.4, -0.2) is 55.2 Å². The second kappa shape index (κ2) is 7.26. The normalized spacial score (nSPS) is 28.8. The first kappa shape index (κ1) is 21.0. The number of fused-ring (bicyclic) bond motifs is 1. The van der Waals surface area contributed by atoms with Gasteiger partial charge in [0.1, 0.15) is 23.5 Å². The number of thiophene rings is 1. The molecule has 3 rings (SSSR count). The van der Waals surface area contributed by atoms with Crippen molar-refractivity contribution in [3.63, 3.8) is 0 Å². The monoisotopic (exact) mass is 440 g/mol. The van der Waals surface area contributed by atoms with Crippen LogP contribution in [0.15, 0.2) is 16.3 Å². The van der Waals surface area contributed by atoms with Crippen LogP contribution in [0.2, 0.25) is 0 Å². The Morgan fingerprint density at radius 2 is 2.21 bits per heavy atom. The molecule has 28 heavy (non-hydrogen) atoms. The number of carboxylic acid groups (broad SMARTS) is 1. The van der Waals surface area contributed by atoms with Crippen molar-refractivity contribution in [2.45, 2.75) is 53.4 Å². The van der Waals surface area contributed by atoms with E-state index in [4.69, 9.17) is 5.73 Å². The minimum absolute atomic E-state index is 0.632. The summed E-state index contributed by atoms with van der Waals surface area (Å²) in [6, 6.07) is 1.71. The Morgan fingerprint density at radius 1 is 1.54 bits per heavy atom. The van der Waals surface area contributed by atoms with Crippen LogP contribution in [0.25, 0.3) is 0 Å². The highest BCUT2D eigenvalue weighted by atomic mass is 32.2. The van der Waals surface area contributed by atoms with Crippen LogP contribution in [0.5, 0.6) is 0 Å². The number of nitrogens with zero attached hydrogens (tertiary/aromatic N) is 2. The fourth-order valence-corrected chi connectivity index (χ4v) is 7.09. The van der Waals surface area contributed by atoms with Crippen LogP contribution < -0.4 is 11.1 Å². The number of aliphatic carboxylic acids is 1. The molecule has 0 aromatic carbocycles. The van der Waals surface area contributed by atoms with Crippen LogP contribution in [-0.2, 0) is 14.4 Å². The lowest BCUT2D eigenvalue weighted by atomic mass is 9.85. The van der Waals surface area contributed by atoms with Gasteiger partial charge in [-0.3, -0.25) is 9.59 Å². The van der Waals surface area contributed by atoms with Gasteiger partial charge in [-0.2, -0.15) is 5.26 Å². The third-order valence-corrected chi connectivity index (χ3v) is 8.52. The molecule has 0 spiro atoms. The molecule has 8 nitrogen and oxygen atoms in total. The Labute approximate surface area is 174 Å². The number of nitrogens with one attached hydrogen (secondary N) is 1. The number of carboxylic acids is 1. The van der Waals surface area contributed by atoms with Crippen molar-refractivity contribution in [1.82, 2.24) is 10.2 Å². The molecule has 4 atom stereocenters. The van der Waals surface area contributed by atoms with E-state index < -0.39 is 45.5 Å². The van der Waals surface area contributed by atoms with Gasteiger partial charge >= 0.3 is 5.97 Å². The van der Waals surface area contributed by atoms with Gasteiger partial charge in [-0.1, -0.05) is 6.92 Å². The van der Waals surface area contributed by atoms with E-state index in [9.17, 15) is 24.8 Å². The Bertz CT molecular complexity index is 880. The number of rotatable bonds is 6. The van der Waals surface area contributed by atoms with Gasteiger partial charge in [-0.05, 0) is 31.0 Å². The summed E-state index contributed by atoms with van der Waals surface area (Å²) in [5, 5.41) is 22.8. The van der Waals surface area contributed by atoms with Gasteiger partial charge in [0, 0.05) is 14.5 Å². The van der Waals surface area contributed by atoms with Gasteiger partial charge in [0.25, 0.3) is 5.91 Å². The molecule has 1 aromatic rings. The zero-order chi connectivity index (χ0) is 20.9. The molecule has 11 heteroatoms. The summed E-state index contributed by atoms with van der Waals surface area (Å²) in [5.41, 5.74) is 4.31. The van der Waals surface area contributed by atoms with Crippen molar-refractivity contribution in [2.75, 3.05) is 5.75 Å². The minimum Gasteiger partial charge on any atom is -0.480 e. The highest BCUT2D eigenvalue weighted by molar-refractivity contribution is 8.01. The predicted molar refractivity (Wildman–Crippen MR) is 108 cm³/mol. The van der Waals surface area contributed by atoms with E-state index >= 15 is 0 Å². The Balaban J connectivity index is 1.84. The lowest BCUT2D eigenvalue weighted by Gasteiger charge is -2.49. The summed E-state index contributed by atoms with van der Waals surface area (Å²) in [7, 11) is 0. The largest absolute Gasteiger partial charge is 0.480 e. The molecule has 3 heterocycles. The second-order valence-electron chi connectivity index (χ2n) is 7.00. The van der Waals surface area contributed by atoms with Crippen molar-refractivity contribution >= 4 is 52.6 Å². The minimum atomic E-state index is -1.81. The maximum atomic E-state index is 12.8. The van der Waals surface area contributed by atoms with Crippen LogP contribution >= 0.6 is 34.9 Å². The number of hydrogen-bond donors (Lipinski definition) is 3. The fourth-order valence-electron chi connectivity index (χ4n) is 3.51. The highest BCUT2D eigenvalue weighted by Crippen LogP contribution is 2.54. The quantitative estimate of drug-likeness (QED) is 0.446. The molecule has 0 aliphatic carbocycles. The fraction of sp³-hybridized carbons (Fsp3) is 0.529. The summed E-state index contributed by atoms with van der Waals surface area (Å²) in [5.74, 6) is -1.66. The molecule has 0 bridgehead atoms. The summed E-state index contributed by atoms with van der Waals surface area (Å²) >= 11 is 4.10. The van der Waals surface area contributed by atoms with E-state index in [1.807, 2.05) is 24.4 Å². The SMILES string of the molecule is CCSc1ccsc1C(N)C(=O)NC1(C#N)C(=O)N2[C@@H](C(=O)O)C(C)(C)S[C@@H]21. The first-order chi connectivity index (χ1) is 13.1. The van der Waals surface area contributed by atoms with Crippen LogP contribution in [0.4, 0.5) is 0 Å². The third-order valence-electron chi connectivity index (χ3n) is 4.80. The molecule has 2 fully saturated rings. The Hall–Kier alpha value is -1.74. The zero-order valence-corrected chi connectivity index (χ0v) is 17.9. The van der Waals surface area contributed by atoms with Crippen LogP contribution in [0.1, 0.15) is 31.7 Å². The topological polar surface area (TPSA) is 137 Å². The maximum absolute atomic E-state index is 12.8. The van der Waals surface area contributed by atoms with Crippen LogP contribution in [0.3, 0.4) is 0 Å². The van der Waals surface area contributed by atoms with E-state index in [0.29, 0.717) is 4.88 Å². The first-order valence-corrected chi connectivity index (χ1v) is 11.3. The van der Waals surface area contributed by atoms with Crippen molar-refractivity contribution < 1.29 is 19.5 Å². The number of amides is 2. The van der Waals surface area contributed by atoms with Gasteiger partial charge in [-0.25, -0.2) is 4.79 Å². The van der Waals surface area contributed by atoms with Crippen molar-refractivity contribution in [1.29, 1.82) is 5.26 Å². The Morgan fingerprint density at radius 3 is 2.79 bits per heavy atom. The average Bonchev–Trinajstić information content (AvgIpc) is 3.19. The molecule has 0 saturated carbocycles. The lowest BCUT2D eigenvalue weighted by molar-refractivity contribution is -0.165. The highest BCUT2D eigenvalue weighted by Gasteiger charge is 2.73. The molecular weight excluding hydrogens is 420 g/mol. The number of nitriles is 1. The summed E-state index contributed by atoms with van der Waals surface area (Å²) in [4.78, 5) is 39.9. The summed E-state index contributed by atoms with van der Waals surface area (Å²) < 4.78 is -0.795. The number of carbonyl (C=O) groups is 3. The predicted octanol–water partition coefficient (Wildman–Crippen LogP) is 1.39. The third kappa shape index (κ3) is 2.99. The number of thioether (sulfide) groups is 2. The van der Waals surface area contributed by atoms with Crippen molar-refractivity contribution in [3.05, 3.63) is 16.3 Å². The standard InChI is InChI=1S/C17H20N4O4S3/c1-4-26-8-5-6-27-10(8)9(19)12(22)20-17(7-18)14(25)21-11(13(23)24)16(2,3)28-15(17)21/h5-6,9,11,15H,4,19H2,1-3H3,(H,20,22)(H,23,24)/t9?,11-,15+,17?/m0/s1. The van der Waals surface area contributed by atoms with E-state index in [0.717, 1.165) is 10.6 Å². The molecule has 2 saturated heterocycles. The zero-order valence-electron chi connectivity index (χ0n) is 15.5. The number of carbonyl (C=O) groups excluding carboxylic acids is 2. The number of nitrogens with two attached hydrogens (primary N) is 1. The molecule has 0 radical (unpaired) electrons. The van der Waals surface area contributed by atoms with Crippen molar-refractivity contribution in [2.24, 2.45) is 5.73 Å². The van der Waals surface area contributed by atoms with E-state index in [1.54, 1.807) is 25.6 Å². The van der Waals surface area contributed by atoms with E-state index in [2.05, 4.69) is 5.32 Å². The van der Waals surface area contributed by atoms with E-state index in [1.165, 1.54) is 28.0 Å². The van der Waals surface area contributed by atoms with Gasteiger partial charge in [0.15, 0.2) is 0 Å². The molecule has 2 aliphatic rings. The molecular formula is C17H20N4O4S3. The second-order valence-corrected chi connectivity index (χ2v) is 11.0. The molecule has 1 aromatic heterocycles. The lowest BCUT2D eigenvalue weighted by Crippen LogP contribution is -2.79. The Kier molecular flexibility index (Phi) is 5.44. The van der Waals surface area contributed by atoms with Crippen LogP contribution in [0, 0.1) is 11.3 Å². The molecule has 2 unspecified atom stereocenters. The molecule has 4 N–H and O–H groups in total.